The molecule has 0 aliphatic heterocycles. The molecule has 68 valence electrons. The van der Waals surface area contributed by atoms with E-state index in [2.05, 4.69) is 0 Å². The van der Waals surface area contributed by atoms with Crippen LogP contribution >= 0.6 is 0 Å². The smallest absolute Gasteiger partial charge is 0.292 e. The van der Waals surface area contributed by atoms with Crippen molar-refractivity contribution in [3.8, 4) is 0 Å². The lowest BCUT2D eigenvalue weighted by molar-refractivity contribution is -0.112. The van der Waals surface area contributed by atoms with Crippen LogP contribution in [0.2, 0.25) is 0 Å². The van der Waals surface area contributed by atoms with Crippen molar-refractivity contribution in [2.24, 2.45) is 5.73 Å². The van der Waals surface area contributed by atoms with Crippen LogP contribution in [0.1, 0.15) is 0 Å². The van der Waals surface area contributed by atoms with Crippen LogP contribution in [0.15, 0.2) is 30.3 Å². The average Bonchev–Trinajstić information content (AvgIpc) is 2.17. The zero-order chi connectivity index (χ0) is 9.84. The Morgan fingerprint density at radius 2 is 1.92 bits per heavy atom. The van der Waals surface area contributed by atoms with Crippen LogP contribution in [0.5, 0.6) is 0 Å². The van der Waals surface area contributed by atoms with Crippen molar-refractivity contribution in [2.45, 2.75) is 0 Å². The Morgan fingerprint density at radius 1 is 1.38 bits per heavy atom. The van der Waals surface area contributed by atoms with E-state index in [0.29, 0.717) is 0 Å². The van der Waals surface area contributed by atoms with Gasteiger partial charge < -0.3 is 10.6 Å². The van der Waals surface area contributed by atoms with Gasteiger partial charge in [0.1, 0.15) is 0 Å². The Morgan fingerprint density at radius 3 is 2.38 bits per heavy atom. The van der Waals surface area contributed by atoms with Crippen molar-refractivity contribution in [3.63, 3.8) is 0 Å². The molecule has 0 aromatic heterocycles. The van der Waals surface area contributed by atoms with E-state index in [-0.39, 0.29) is 0 Å². The van der Waals surface area contributed by atoms with Crippen LogP contribution in [0.4, 0.5) is 5.69 Å². The molecule has 0 radical (unpaired) electrons. The molecule has 0 unspecified atom stereocenters. The van der Waals surface area contributed by atoms with Crippen LogP contribution in [0.25, 0.3) is 0 Å². The lowest BCUT2D eigenvalue weighted by Gasteiger charge is -2.15. The maximum Gasteiger partial charge on any atom is 0.292 e. The number of amidine groups is 1. The highest BCUT2D eigenvalue weighted by Crippen LogP contribution is 2.10. The number of anilines is 1. The average molecular weight is 177 g/mol. The molecule has 0 aliphatic carbocycles. The normalized spacial score (nSPS) is 9.31. The molecule has 1 aromatic rings. The van der Waals surface area contributed by atoms with Gasteiger partial charge in [0.05, 0.1) is 0 Å². The van der Waals surface area contributed by atoms with E-state index in [4.69, 9.17) is 11.1 Å². The molecule has 0 atom stereocenters. The molecule has 0 saturated heterocycles. The second-order valence-corrected chi connectivity index (χ2v) is 2.61. The number of hydrogen-bond donors (Lipinski definition) is 2. The number of likely N-dealkylation sites (N-methyl/N-ethyl adjacent to an activating group) is 1. The molecule has 0 saturated carbocycles. The van der Waals surface area contributed by atoms with Gasteiger partial charge in [0.25, 0.3) is 5.91 Å². The number of benzene rings is 1. The van der Waals surface area contributed by atoms with E-state index in [9.17, 15) is 4.79 Å². The third-order valence-electron chi connectivity index (χ3n) is 1.68. The van der Waals surface area contributed by atoms with Gasteiger partial charge in [0.15, 0.2) is 5.84 Å². The Labute approximate surface area is 76.5 Å². The molecular weight excluding hydrogens is 166 g/mol. The van der Waals surface area contributed by atoms with Gasteiger partial charge in [-0.3, -0.25) is 10.2 Å². The molecule has 3 N–H and O–H groups in total. The largest absolute Gasteiger partial charge is 0.380 e. The van der Waals surface area contributed by atoms with Gasteiger partial charge in [-0.15, -0.1) is 0 Å². The number of amides is 1. The van der Waals surface area contributed by atoms with Crippen LogP contribution in [0, 0.1) is 5.41 Å². The fourth-order valence-corrected chi connectivity index (χ4v) is 0.950. The number of para-hydroxylation sites is 1. The lowest BCUT2D eigenvalue weighted by Crippen LogP contribution is -2.37. The number of carbonyl (C=O) groups is 1. The predicted octanol–water partition coefficient (Wildman–Crippen LogP) is 0.585. The minimum absolute atomic E-state index is 0.452. The Hall–Kier alpha value is -1.84. The highest BCUT2D eigenvalue weighted by molar-refractivity contribution is 6.40. The summed E-state index contributed by atoms with van der Waals surface area (Å²) >= 11 is 0. The van der Waals surface area contributed by atoms with Gasteiger partial charge in [-0.1, -0.05) is 18.2 Å². The van der Waals surface area contributed by atoms with E-state index in [1.54, 1.807) is 19.2 Å². The first-order chi connectivity index (χ1) is 6.13. The number of carbonyl (C=O) groups excluding carboxylic acids is 1. The van der Waals surface area contributed by atoms with Gasteiger partial charge in [-0.25, -0.2) is 0 Å². The maximum atomic E-state index is 11.2. The van der Waals surface area contributed by atoms with E-state index < -0.39 is 11.7 Å². The number of hydrogen-bond acceptors (Lipinski definition) is 2. The second-order valence-electron chi connectivity index (χ2n) is 2.61. The Bertz CT molecular complexity index is 321. The molecule has 13 heavy (non-hydrogen) atoms. The predicted molar refractivity (Wildman–Crippen MR) is 51.8 cm³/mol. The zero-order valence-electron chi connectivity index (χ0n) is 7.32. The minimum Gasteiger partial charge on any atom is -0.380 e. The quantitative estimate of drug-likeness (QED) is 0.486. The maximum absolute atomic E-state index is 11.2. The van der Waals surface area contributed by atoms with E-state index in [1.807, 2.05) is 18.2 Å². The highest BCUT2D eigenvalue weighted by atomic mass is 16.2. The Kier molecular flexibility index (Phi) is 2.64. The van der Waals surface area contributed by atoms with Crippen molar-refractivity contribution < 1.29 is 4.79 Å². The van der Waals surface area contributed by atoms with Crippen molar-refractivity contribution in [2.75, 3.05) is 11.9 Å². The molecule has 0 fully saturated rings. The molecule has 4 heteroatoms. The topological polar surface area (TPSA) is 70.2 Å². The van der Waals surface area contributed by atoms with E-state index >= 15 is 0 Å². The molecule has 1 rings (SSSR count). The summed E-state index contributed by atoms with van der Waals surface area (Å²) in [5, 5.41) is 6.97. The fraction of sp³-hybridized carbons (Fsp3) is 0.111. The third kappa shape index (κ3) is 2.05. The molecule has 0 heterocycles. The third-order valence-corrected chi connectivity index (χ3v) is 1.68. The van der Waals surface area contributed by atoms with Gasteiger partial charge in [0, 0.05) is 12.7 Å². The number of nitrogens with zero attached hydrogens (tertiary/aromatic N) is 1. The number of nitrogens with two attached hydrogens (primary N) is 1. The molecule has 0 bridgehead atoms. The van der Waals surface area contributed by atoms with Crippen molar-refractivity contribution >= 4 is 17.4 Å². The zero-order valence-corrected chi connectivity index (χ0v) is 7.32. The molecule has 1 aromatic carbocycles. The van der Waals surface area contributed by atoms with Gasteiger partial charge in [-0.2, -0.15) is 0 Å². The summed E-state index contributed by atoms with van der Waals surface area (Å²) in [6.07, 6.45) is 0. The van der Waals surface area contributed by atoms with Crippen molar-refractivity contribution in [3.05, 3.63) is 30.3 Å². The van der Waals surface area contributed by atoms with Gasteiger partial charge >= 0.3 is 0 Å². The summed E-state index contributed by atoms with van der Waals surface area (Å²) in [6.45, 7) is 0. The summed E-state index contributed by atoms with van der Waals surface area (Å²) in [7, 11) is 1.58. The van der Waals surface area contributed by atoms with Crippen molar-refractivity contribution in [1.82, 2.24) is 0 Å². The standard InChI is InChI=1S/C9H11N3O/c1-12(9(13)8(10)11)7-5-3-2-4-6-7/h2-6H,1H3,(H3,10,11). The summed E-state index contributed by atoms with van der Waals surface area (Å²) in [6, 6.07) is 9.05. The minimum atomic E-state index is -0.494. The van der Waals surface area contributed by atoms with Crippen molar-refractivity contribution in [1.29, 1.82) is 5.41 Å². The van der Waals surface area contributed by atoms with E-state index in [1.165, 1.54) is 4.90 Å². The number of nitrogens with one attached hydrogen (secondary N) is 1. The monoisotopic (exact) mass is 177 g/mol. The molecule has 4 nitrogen and oxygen atoms in total. The summed E-state index contributed by atoms with van der Waals surface area (Å²) in [4.78, 5) is 12.6. The number of rotatable bonds is 1. The second kappa shape index (κ2) is 3.71. The first-order valence-electron chi connectivity index (χ1n) is 3.80. The molecule has 1 amide bonds. The summed E-state index contributed by atoms with van der Waals surface area (Å²) < 4.78 is 0. The van der Waals surface area contributed by atoms with Crippen LogP contribution in [-0.4, -0.2) is 18.8 Å². The van der Waals surface area contributed by atoms with Crippen LogP contribution in [-0.2, 0) is 4.79 Å². The highest BCUT2D eigenvalue weighted by Gasteiger charge is 2.12. The summed E-state index contributed by atoms with van der Waals surface area (Å²) in [5.41, 5.74) is 5.79. The first-order valence-corrected chi connectivity index (χ1v) is 3.80. The first kappa shape index (κ1) is 9.25. The van der Waals surface area contributed by atoms with Gasteiger partial charge in [0.2, 0.25) is 0 Å². The van der Waals surface area contributed by atoms with Crippen LogP contribution < -0.4 is 10.6 Å². The summed E-state index contributed by atoms with van der Waals surface area (Å²) in [5.74, 6) is -0.947. The van der Waals surface area contributed by atoms with E-state index in [0.717, 1.165) is 5.69 Å². The fourth-order valence-electron chi connectivity index (χ4n) is 0.950. The lowest BCUT2D eigenvalue weighted by atomic mass is 10.3. The molecular formula is C9H11N3O. The molecule has 0 spiro atoms. The van der Waals surface area contributed by atoms with Gasteiger partial charge in [-0.05, 0) is 12.1 Å². The Balaban J connectivity index is 2.86. The van der Waals surface area contributed by atoms with Crippen LogP contribution in [0.3, 0.4) is 0 Å². The molecule has 0 aliphatic rings. The SMILES string of the molecule is CN(C(=O)C(=N)N)c1ccccc1.